The molecule has 0 bridgehead atoms. The smallest absolute Gasteiger partial charge is 0.165 e. The first-order chi connectivity index (χ1) is 13.0. The van der Waals surface area contributed by atoms with Crippen LogP contribution in [0.5, 0.6) is 5.75 Å². The van der Waals surface area contributed by atoms with E-state index in [0.717, 1.165) is 40.4 Å². The quantitative estimate of drug-likeness (QED) is 0.741. The highest BCUT2D eigenvalue weighted by atomic mass is 16.5. The summed E-state index contributed by atoms with van der Waals surface area (Å²) < 4.78 is 5.31. The third kappa shape index (κ3) is 3.62. The van der Waals surface area contributed by atoms with Crippen molar-refractivity contribution in [3.63, 3.8) is 0 Å². The van der Waals surface area contributed by atoms with Gasteiger partial charge in [-0.1, -0.05) is 45.2 Å². The van der Waals surface area contributed by atoms with Gasteiger partial charge in [-0.2, -0.15) is 0 Å². The summed E-state index contributed by atoms with van der Waals surface area (Å²) in [5.41, 5.74) is 4.09. The maximum absolute atomic E-state index is 13.1. The molecule has 2 aliphatic carbocycles. The van der Waals surface area contributed by atoms with Crippen molar-refractivity contribution < 1.29 is 9.53 Å². The fourth-order valence-electron chi connectivity index (χ4n) is 4.66. The van der Waals surface area contributed by atoms with Gasteiger partial charge in [0.15, 0.2) is 5.78 Å². The molecule has 1 aromatic heterocycles. The number of nitrogens with one attached hydrogen (secondary N) is 2. The average Bonchev–Trinajstić information content (AvgIpc) is 2.99. The maximum Gasteiger partial charge on any atom is 0.165 e. The Balaban J connectivity index is 1.78. The van der Waals surface area contributed by atoms with E-state index in [1.54, 1.807) is 7.11 Å². The molecule has 0 saturated heterocycles. The number of ketones is 1. The van der Waals surface area contributed by atoms with E-state index in [-0.39, 0.29) is 11.2 Å². The number of aromatic nitrogens is 1. The fourth-order valence-corrected chi connectivity index (χ4v) is 4.66. The van der Waals surface area contributed by atoms with Gasteiger partial charge in [-0.15, -0.1) is 0 Å². The maximum atomic E-state index is 13.1. The molecule has 1 saturated carbocycles. The van der Waals surface area contributed by atoms with E-state index in [9.17, 15) is 4.79 Å². The first-order valence-electron chi connectivity index (χ1n) is 10.2. The lowest BCUT2D eigenvalue weighted by molar-refractivity contribution is 0.0912. The molecule has 2 aliphatic rings. The van der Waals surface area contributed by atoms with Crippen LogP contribution in [0.1, 0.15) is 68.4 Å². The van der Waals surface area contributed by atoms with Crippen LogP contribution in [0.4, 0.5) is 5.82 Å². The van der Waals surface area contributed by atoms with Crippen LogP contribution >= 0.6 is 0 Å². The van der Waals surface area contributed by atoms with E-state index in [1.807, 2.05) is 12.1 Å². The van der Waals surface area contributed by atoms with Gasteiger partial charge in [0.25, 0.3) is 0 Å². The van der Waals surface area contributed by atoms with Crippen LogP contribution in [0.25, 0.3) is 11.1 Å². The number of fused-ring (bicyclic) bond motifs is 1. The Hall–Kier alpha value is -2.23. The number of benzene rings is 1. The molecule has 0 spiro atoms. The molecule has 2 N–H and O–H groups in total. The summed E-state index contributed by atoms with van der Waals surface area (Å²) in [7, 11) is 1.68. The van der Waals surface area contributed by atoms with Crippen molar-refractivity contribution in [2.45, 2.75) is 64.8 Å². The lowest BCUT2D eigenvalue weighted by atomic mass is 9.75. The Bertz CT molecular complexity index is 827. The first-order valence-corrected chi connectivity index (χ1v) is 10.2. The van der Waals surface area contributed by atoms with Gasteiger partial charge in [0.05, 0.1) is 7.11 Å². The summed E-state index contributed by atoms with van der Waals surface area (Å²) in [5.74, 6) is 2.10. The molecule has 0 atom stereocenters. The van der Waals surface area contributed by atoms with E-state index in [1.165, 1.54) is 32.1 Å². The Labute approximate surface area is 161 Å². The lowest BCUT2D eigenvalue weighted by Crippen LogP contribution is -2.26. The summed E-state index contributed by atoms with van der Waals surface area (Å²) in [6.45, 7) is 4.35. The highest BCUT2D eigenvalue weighted by Crippen LogP contribution is 2.43. The Kier molecular flexibility index (Phi) is 4.75. The lowest BCUT2D eigenvalue weighted by Gasteiger charge is -2.28. The third-order valence-electron chi connectivity index (χ3n) is 5.98. The van der Waals surface area contributed by atoms with Crippen molar-refractivity contribution in [2.75, 3.05) is 12.4 Å². The number of Topliss-reactive ketones (excluding diaryl/α,β-unsaturated/α-hetero) is 1. The van der Waals surface area contributed by atoms with Gasteiger partial charge in [-0.3, -0.25) is 4.79 Å². The van der Waals surface area contributed by atoms with E-state index in [4.69, 9.17) is 4.74 Å². The van der Waals surface area contributed by atoms with Crippen LogP contribution in [0.3, 0.4) is 0 Å². The summed E-state index contributed by atoms with van der Waals surface area (Å²) in [6, 6.07) is 8.54. The molecule has 0 radical (unpaired) electrons. The molecule has 2 aromatic rings. The summed E-state index contributed by atoms with van der Waals surface area (Å²) >= 11 is 0. The second-order valence-electron chi connectivity index (χ2n) is 8.88. The van der Waals surface area contributed by atoms with Crippen LogP contribution in [-0.4, -0.2) is 23.9 Å². The number of carbonyl (C=O) groups is 1. The predicted octanol–water partition coefficient (Wildman–Crippen LogP) is 5.59. The van der Waals surface area contributed by atoms with Gasteiger partial charge in [-0.25, -0.2) is 0 Å². The summed E-state index contributed by atoms with van der Waals surface area (Å²) in [5, 5.41) is 3.74. The van der Waals surface area contributed by atoms with Crippen LogP contribution in [0.2, 0.25) is 0 Å². The Morgan fingerprint density at radius 1 is 1.04 bits per heavy atom. The van der Waals surface area contributed by atoms with Crippen molar-refractivity contribution in [2.24, 2.45) is 5.41 Å². The zero-order valence-corrected chi connectivity index (χ0v) is 16.7. The van der Waals surface area contributed by atoms with E-state index < -0.39 is 0 Å². The van der Waals surface area contributed by atoms with Gasteiger partial charge in [-0.05, 0) is 42.4 Å². The van der Waals surface area contributed by atoms with Crippen molar-refractivity contribution in [1.29, 1.82) is 0 Å². The molecular formula is C23H30N2O2. The number of hydrogen-bond acceptors (Lipinski definition) is 3. The second kappa shape index (κ2) is 7.06. The zero-order chi connectivity index (χ0) is 19.0. The molecule has 4 heteroatoms. The molecule has 1 aromatic carbocycles. The Morgan fingerprint density at radius 2 is 1.74 bits per heavy atom. The molecule has 0 amide bonds. The third-order valence-corrected chi connectivity index (χ3v) is 5.98. The molecular weight excluding hydrogens is 336 g/mol. The minimum absolute atomic E-state index is 0.00816. The molecule has 4 nitrogen and oxygen atoms in total. The van der Waals surface area contributed by atoms with Gasteiger partial charge >= 0.3 is 0 Å². The van der Waals surface area contributed by atoms with Crippen molar-refractivity contribution >= 4 is 11.6 Å². The highest BCUT2D eigenvalue weighted by Gasteiger charge is 2.36. The molecule has 144 valence electrons. The minimum atomic E-state index is 0.00816. The molecule has 27 heavy (non-hydrogen) atoms. The number of carbonyl (C=O) groups excluding carboxylic acids is 1. The van der Waals surface area contributed by atoms with Crippen LogP contribution in [-0.2, 0) is 6.42 Å². The number of methoxy groups -OCH3 is 1. The van der Waals surface area contributed by atoms with Crippen LogP contribution in [0, 0.1) is 5.41 Å². The van der Waals surface area contributed by atoms with Gasteiger partial charge in [0.1, 0.15) is 11.6 Å². The average molecular weight is 367 g/mol. The number of aromatic amines is 1. The number of H-pyrrole nitrogens is 1. The number of ether oxygens (including phenoxy) is 1. The molecule has 0 unspecified atom stereocenters. The molecule has 0 aliphatic heterocycles. The van der Waals surface area contributed by atoms with Gasteiger partial charge in [0, 0.05) is 29.3 Å². The predicted molar refractivity (Wildman–Crippen MR) is 110 cm³/mol. The minimum Gasteiger partial charge on any atom is -0.497 e. The standard InChI is InChI=1S/C23H30N2O2/c1-23(2)13-18-21(19(26)14-23)20(15-9-11-17(27-3)12-10-15)22(25-18)24-16-7-5-4-6-8-16/h9-12,16,24-25H,4-8,13-14H2,1-3H3. The topological polar surface area (TPSA) is 54.1 Å². The van der Waals surface area contributed by atoms with Crippen molar-refractivity contribution in [1.82, 2.24) is 4.98 Å². The van der Waals surface area contributed by atoms with Crippen LogP contribution in [0.15, 0.2) is 24.3 Å². The number of hydrogen-bond donors (Lipinski definition) is 2. The largest absolute Gasteiger partial charge is 0.497 e. The first kappa shape index (κ1) is 18.1. The molecule has 4 rings (SSSR count). The monoisotopic (exact) mass is 366 g/mol. The number of rotatable bonds is 4. The molecule has 1 fully saturated rings. The van der Waals surface area contributed by atoms with E-state index in [2.05, 4.69) is 36.3 Å². The van der Waals surface area contributed by atoms with Gasteiger partial charge in [0.2, 0.25) is 0 Å². The zero-order valence-electron chi connectivity index (χ0n) is 16.7. The normalized spacial score (nSPS) is 19.6. The summed E-state index contributed by atoms with van der Waals surface area (Å²) in [4.78, 5) is 16.7. The second-order valence-corrected chi connectivity index (χ2v) is 8.88. The van der Waals surface area contributed by atoms with Crippen molar-refractivity contribution in [3.05, 3.63) is 35.5 Å². The highest BCUT2D eigenvalue weighted by molar-refractivity contribution is 6.07. The Morgan fingerprint density at radius 3 is 2.41 bits per heavy atom. The number of anilines is 1. The summed E-state index contributed by atoms with van der Waals surface area (Å²) in [6.07, 6.45) is 7.80. The van der Waals surface area contributed by atoms with E-state index in [0.29, 0.717) is 12.5 Å². The molecule has 1 heterocycles. The van der Waals surface area contributed by atoms with Crippen LogP contribution < -0.4 is 10.1 Å². The fraction of sp³-hybridized carbons (Fsp3) is 0.522. The SMILES string of the molecule is COc1ccc(-c2c(NC3CCCCC3)[nH]c3c2C(=O)CC(C)(C)C3)cc1. The van der Waals surface area contributed by atoms with Gasteiger partial charge < -0.3 is 15.0 Å². The van der Waals surface area contributed by atoms with Crippen molar-refractivity contribution in [3.8, 4) is 16.9 Å². The van der Waals surface area contributed by atoms with E-state index >= 15 is 0 Å².